The molecule has 0 atom stereocenters. The third-order valence-electron chi connectivity index (χ3n) is 4.03. The van der Waals surface area contributed by atoms with Crippen LogP contribution in [-0.2, 0) is 6.42 Å². The lowest BCUT2D eigenvalue weighted by Gasteiger charge is -2.34. The van der Waals surface area contributed by atoms with Gasteiger partial charge in [-0.2, -0.15) is 0 Å². The van der Waals surface area contributed by atoms with Crippen molar-refractivity contribution in [2.24, 2.45) is 0 Å². The van der Waals surface area contributed by atoms with Crippen LogP contribution in [0.4, 0.5) is 0 Å². The number of nitrogens with zero attached hydrogens (tertiary/aromatic N) is 1. The fourth-order valence-corrected chi connectivity index (χ4v) is 1.95. The first-order chi connectivity index (χ1) is 8.81. The summed E-state index contributed by atoms with van der Waals surface area (Å²) in [6, 6.07) is 4.30. The average Bonchev–Trinajstić information content (AvgIpc) is 2.38. The van der Waals surface area contributed by atoms with E-state index in [0.717, 1.165) is 18.7 Å². The van der Waals surface area contributed by atoms with Gasteiger partial charge in [0, 0.05) is 12.1 Å². The Bertz CT molecular complexity index is 427. The van der Waals surface area contributed by atoms with Crippen LogP contribution in [-0.4, -0.2) is 42.9 Å². The minimum absolute atomic E-state index is 0.160. The van der Waals surface area contributed by atoms with E-state index in [1.54, 1.807) is 7.11 Å². The van der Waals surface area contributed by atoms with Gasteiger partial charge in [0.25, 0.3) is 0 Å². The molecule has 0 aromatic heterocycles. The van der Waals surface area contributed by atoms with Gasteiger partial charge in [-0.05, 0) is 63.9 Å². The molecule has 1 aromatic rings. The van der Waals surface area contributed by atoms with Crippen molar-refractivity contribution in [2.45, 2.75) is 39.7 Å². The summed E-state index contributed by atoms with van der Waals surface area (Å²) in [5.41, 5.74) is 3.59. The Morgan fingerprint density at radius 3 is 2.32 bits per heavy atom. The third kappa shape index (κ3) is 3.95. The van der Waals surface area contributed by atoms with Crippen molar-refractivity contribution < 1.29 is 9.84 Å². The molecule has 0 aliphatic carbocycles. The van der Waals surface area contributed by atoms with Crippen LogP contribution in [0.25, 0.3) is 0 Å². The van der Waals surface area contributed by atoms with Crippen molar-refractivity contribution in [3.8, 4) is 5.75 Å². The van der Waals surface area contributed by atoms with Gasteiger partial charge in [0.1, 0.15) is 5.75 Å². The van der Waals surface area contributed by atoms with Crippen LogP contribution in [0, 0.1) is 13.8 Å². The van der Waals surface area contributed by atoms with Crippen molar-refractivity contribution in [2.75, 3.05) is 27.3 Å². The summed E-state index contributed by atoms with van der Waals surface area (Å²) in [6.45, 7) is 9.37. The van der Waals surface area contributed by atoms with E-state index in [1.165, 1.54) is 16.7 Å². The van der Waals surface area contributed by atoms with Gasteiger partial charge in [-0.15, -0.1) is 0 Å². The number of hydrogen-bond acceptors (Lipinski definition) is 3. The van der Waals surface area contributed by atoms with Gasteiger partial charge in [0.05, 0.1) is 13.7 Å². The molecule has 0 amide bonds. The number of aliphatic hydroxyl groups is 1. The molecule has 1 rings (SSSR count). The number of ether oxygens (including phenoxy) is 1. The lowest BCUT2D eigenvalue weighted by atomic mass is 10.0. The molecule has 0 aliphatic heterocycles. The van der Waals surface area contributed by atoms with E-state index in [9.17, 15) is 5.11 Å². The van der Waals surface area contributed by atoms with E-state index in [0.29, 0.717) is 0 Å². The second kappa shape index (κ2) is 6.40. The highest BCUT2D eigenvalue weighted by atomic mass is 16.5. The molecule has 0 spiro atoms. The molecule has 0 heterocycles. The summed E-state index contributed by atoms with van der Waals surface area (Å²) in [4.78, 5) is 2.18. The van der Waals surface area contributed by atoms with Crippen LogP contribution < -0.4 is 4.74 Å². The first-order valence-electron chi connectivity index (χ1n) is 6.78. The van der Waals surface area contributed by atoms with E-state index in [1.807, 2.05) is 20.9 Å². The van der Waals surface area contributed by atoms with E-state index in [2.05, 4.69) is 30.9 Å². The van der Waals surface area contributed by atoms with Gasteiger partial charge < -0.3 is 9.84 Å². The summed E-state index contributed by atoms with van der Waals surface area (Å²) in [5.74, 6) is 0.957. The van der Waals surface area contributed by atoms with Crippen molar-refractivity contribution in [1.82, 2.24) is 4.90 Å². The summed E-state index contributed by atoms with van der Waals surface area (Å²) in [6.07, 6.45) is 0.921. The number of likely N-dealkylation sites (N-methyl/N-ethyl adjacent to an activating group) is 1. The molecule has 3 heteroatoms. The second-order valence-electron chi connectivity index (χ2n) is 5.89. The number of hydrogen-bond donors (Lipinski definition) is 1. The Kier molecular flexibility index (Phi) is 5.39. The monoisotopic (exact) mass is 265 g/mol. The SMILES string of the molecule is COc1cc(C)c(C)cc1CCN(C)C(C)(C)CO. The Morgan fingerprint density at radius 1 is 1.21 bits per heavy atom. The smallest absolute Gasteiger partial charge is 0.122 e. The van der Waals surface area contributed by atoms with Crippen LogP contribution in [0.1, 0.15) is 30.5 Å². The quantitative estimate of drug-likeness (QED) is 0.858. The molecule has 19 heavy (non-hydrogen) atoms. The first kappa shape index (κ1) is 16.0. The minimum atomic E-state index is -0.188. The normalized spacial score (nSPS) is 12.0. The maximum atomic E-state index is 9.38. The fraction of sp³-hybridized carbons (Fsp3) is 0.625. The number of aliphatic hydroxyl groups excluding tert-OH is 1. The van der Waals surface area contributed by atoms with Crippen LogP contribution >= 0.6 is 0 Å². The predicted molar refractivity (Wildman–Crippen MR) is 80.0 cm³/mol. The van der Waals surface area contributed by atoms with Crippen LogP contribution in [0.3, 0.4) is 0 Å². The van der Waals surface area contributed by atoms with Gasteiger partial charge in [-0.25, -0.2) is 0 Å². The van der Waals surface area contributed by atoms with Crippen molar-refractivity contribution in [1.29, 1.82) is 0 Å². The Balaban J connectivity index is 2.80. The Morgan fingerprint density at radius 2 is 1.79 bits per heavy atom. The van der Waals surface area contributed by atoms with E-state index in [4.69, 9.17) is 4.74 Å². The number of rotatable bonds is 6. The second-order valence-corrected chi connectivity index (χ2v) is 5.89. The largest absolute Gasteiger partial charge is 0.496 e. The van der Waals surface area contributed by atoms with Crippen LogP contribution in [0.5, 0.6) is 5.75 Å². The number of methoxy groups -OCH3 is 1. The topological polar surface area (TPSA) is 32.7 Å². The molecule has 0 fully saturated rings. The van der Waals surface area contributed by atoms with Crippen LogP contribution in [0.15, 0.2) is 12.1 Å². The maximum Gasteiger partial charge on any atom is 0.122 e. The summed E-state index contributed by atoms with van der Waals surface area (Å²) >= 11 is 0. The summed E-state index contributed by atoms with van der Waals surface area (Å²) < 4.78 is 5.46. The van der Waals surface area contributed by atoms with Gasteiger partial charge in [0.15, 0.2) is 0 Å². The molecule has 108 valence electrons. The fourth-order valence-electron chi connectivity index (χ4n) is 1.95. The highest BCUT2D eigenvalue weighted by Crippen LogP contribution is 2.24. The maximum absolute atomic E-state index is 9.38. The predicted octanol–water partition coefficient (Wildman–Crippen LogP) is 2.56. The molecule has 1 N–H and O–H groups in total. The van der Waals surface area contributed by atoms with Crippen molar-refractivity contribution >= 4 is 0 Å². The number of aryl methyl sites for hydroxylation is 2. The molecule has 0 saturated heterocycles. The molecule has 1 aromatic carbocycles. The first-order valence-corrected chi connectivity index (χ1v) is 6.78. The standard InChI is InChI=1S/C16H27NO2/c1-12-9-14(15(19-6)10-13(12)2)7-8-17(5)16(3,4)11-18/h9-10,18H,7-8,11H2,1-6H3. The Labute approximate surface area is 117 Å². The van der Waals surface area contributed by atoms with Gasteiger partial charge in [-0.3, -0.25) is 4.90 Å². The highest BCUT2D eigenvalue weighted by molar-refractivity contribution is 5.41. The van der Waals surface area contributed by atoms with E-state index < -0.39 is 0 Å². The lowest BCUT2D eigenvalue weighted by Crippen LogP contribution is -2.45. The van der Waals surface area contributed by atoms with Gasteiger partial charge >= 0.3 is 0 Å². The Hall–Kier alpha value is -1.06. The minimum Gasteiger partial charge on any atom is -0.496 e. The zero-order valence-electron chi connectivity index (χ0n) is 13.1. The zero-order chi connectivity index (χ0) is 14.6. The molecule has 0 aliphatic rings. The van der Waals surface area contributed by atoms with Crippen LogP contribution in [0.2, 0.25) is 0 Å². The zero-order valence-corrected chi connectivity index (χ0v) is 13.1. The average molecular weight is 265 g/mol. The molecule has 0 radical (unpaired) electrons. The molecule has 0 bridgehead atoms. The van der Waals surface area contributed by atoms with Crippen molar-refractivity contribution in [3.63, 3.8) is 0 Å². The molecule has 0 saturated carbocycles. The summed E-state index contributed by atoms with van der Waals surface area (Å²) in [5, 5.41) is 9.38. The van der Waals surface area contributed by atoms with Gasteiger partial charge in [-0.1, -0.05) is 6.07 Å². The van der Waals surface area contributed by atoms with E-state index >= 15 is 0 Å². The molecule has 3 nitrogen and oxygen atoms in total. The number of benzene rings is 1. The highest BCUT2D eigenvalue weighted by Gasteiger charge is 2.22. The summed E-state index contributed by atoms with van der Waals surface area (Å²) in [7, 11) is 3.76. The third-order valence-corrected chi connectivity index (χ3v) is 4.03. The molecular weight excluding hydrogens is 238 g/mol. The van der Waals surface area contributed by atoms with Gasteiger partial charge in [0.2, 0.25) is 0 Å². The van der Waals surface area contributed by atoms with Crippen molar-refractivity contribution in [3.05, 3.63) is 28.8 Å². The lowest BCUT2D eigenvalue weighted by molar-refractivity contribution is 0.0799. The molecule has 0 unspecified atom stereocenters. The van der Waals surface area contributed by atoms with E-state index in [-0.39, 0.29) is 12.1 Å². The molecular formula is C16H27NO2.